The largest absolute Gasteiger partial charge is 0.481 e. The summed E-state index contributed by atoms with van der Waals surface area (Å²) in [6, 6.07) is 8.71. The fourth-order valence-electron chi connectivity index (χ4n) is 1.63. The molecule has 2 aromatic rings. The first kappa shape index (κ1) is 14.3. The van der Waals surface area contributed by atoms with Gasteiger partial charge in [0.2, 0.25) is 5.88 Å². The molecule has 0 saturated heterocycles. The van der Waals surface area contributed by atoms with Gasteiger partial charge in [-0.25, -0.2) is 4.98 Å². The number of hydrogen-bond acceptors (Lipinski definition) is 4. The summed E-state index contributed by atoms with van der Waals surface area (Å²) in [6.07, 6.45) is 1.66. The van der Waals surface area contributed by atoms with Gasteiger partial charge in [-0.2, -0.15) is 0 Å². The molecule has 0 spiro atoms. The minimum absolute atomic E-state index is 0.194. The second-order valence-corrected chi connectivity index (χ2v) is 4.99. The number of nitrogen functional groups attached to an aromatic ring is 1. The summed E-state index contributed by atoms with van der Waals surface area (Å²) in [5, 5.41) is 2.82. The molecule has 104 valence electrons. The molecule has 1 aromatic heterocycles. The molecule has 1 heterocycles. The van der Waals surface area contributed by atoms with E-state index in [9.17, 15) is 4.79 Å². The third kappa shape index (κ3) is 3.48. The molecular weight excluding hydrogens is 322 g/mol. The Morgan fingerprint density at radius 2 is 2.20 bits per heavy atom. The number of halogens is 1. The van der Waals surface area contributed by atoms with E-state index in [0.717, 1.165) is 5.56 Å². The van der Waals surface area contributed by atoms with Crippen LogP contribution in [0.1, 0.15) is 15.9 Å². The zero-order valence-corrected chi connectivity index (χ0v) is 12.5. The van der Waals surface area contributed by atoms with Gasteiger partial charge < -0.3 is 15.8 Å². The number of nitrogens with zero attached hydrogens (tertiary/aromatic N) is 1. The molecule has 6 heteroatoms. The summed E-state index contributed by atoms with van der Waals surface area (Å²) in [7, 11) is 1.56. The number of hydrogen-bond donors (Lipinski definition) is 2. The van der Waals surface area contributed by atoms with Crippen molar-refractivity contribution in [2.75, 3.05) is 12.8 Å². The number of nitrogens with one attached hydrogen (secondary N) is 1. The molecule has 1 amide bonds. The molecule has 0 radical (unpaired) electrons. The summed E-state index contributed by atoms with van der Waals surface area (Å²) in [4.78, 5) is 16.1. The Bertz CT molecular complexity index is 614. The number of anilines is 1. The normalized spacial score (nSPS) is 10.1. The number of pyridine rings is 1. The highest BCUT2D eigenvalue weighted by molar-refractivity contribution is 9.10. The first-order chi connectivity index (χ1) is 9.60. The Labute approximate surface area is 125 Å². The molecule has 1 aromatic carbocycles. The van der Waals surface area contributed by atoms with Crippen molar-refractivity contribution in [3.8, 4) is 5.88 Å². The second-order valence-electron chi connectivity index (χ2n) is 4.13. The van der Waals surface area contributed by atoms with Crippen LogP contribution in [0.25, 0.3) is 0 Å². The molecule has 0 aliphatic carbocycles. The van der Waals surface area contributed by atoms with Gasteiger partial charge >= 0.3 is 0 Å². The molecule has 0 bridgehead atoms. The summed E-state index contributed by atoms with van der Waals surface area (Å²) in [5.74, 6) is 0.346. The summed E-state index contributed by atoms with van der Waals surface area (Å²) < 4.78 is 5.68. The Kier molecular flexibility index (Phi) is 4.57. The lowest BCUT2D eigenvalue weighted by Gasteiger charge is -2.08. The molecule has 0 fully saturated rings. The van der Waals surface area contributed by atoms with Gasteiger partial charge in [0.1, 0.15) is 0 Å². The van der Waals surface area contributed by atoms with Crippen LogP contribution in [0.5, 0.6) is 5.88 Å². The Hall–Kier alpha value is -2.08. The van der Waals surface area contributed by atoms with E-state index in [0.29, 0.717) is 28.1 Å². The maximum Gasteiger partial charge on any atom is 0.252 e. The van der Waals surface area contributed by atoms with Crippen molar-refractivity contribution in [2.24, 2.45) is 0 Å². The third-order valence-electron chi connectivity index (χ3n) is 2.69. The van der Waals surface area contributed by atoms with Crippen molar-refractivity contribution >= 4 is 27.5 Å². The summed E-state index contributed by atoms with van der Waals surface area (Å²) in [6.45, 7) is 0.386. The molecule has 0 saturated carbocycles. The van der Waals surface area contributed by atoms with Crippen LogP contribution in [0.3, 0.4) is 0 Å². The first-order valence-electron chi connectivity index (χ1n) is 5.92. The van der Waals surface area contributed by atoms with Gasteiger partial charge in [-0.15, -0.1) is 0 Å². The molecule has 20 heavy (non-hydrogen) atoms. The number of nitrogens with two attached hydrogens (primary N) is 1. The highest BCUT2D eigenvalue weighted by Gasteiger charge is 2.10. The predicted octanol–water partition coefficient (Wildman–Crippen LogP) is 2.36. The van der Waals surface area contributed by atoms with E-state index in [2.05, 4.69) is 26.2 Å². The van der Waals surface area contributed by atoms with Gasteiger partial charge in [-0.05, 0) is 39.7 Å². The smallest absolute Gasteiger partial charge is 0.252 e. The number of carbonyl (C=O) groups excluding carboxylic acids is 1. The quantitative estimate of drug-likeness (QED) is 0.841. The van der Waals surface area contributed by atoms with Crippen molar-refractivity contribution < 1.29 is 9.53 Å². The summed E-state index contributed by atoms with van der Waals surface area (Å²) in [5.41, 5.74) is 7.62. The van der Waals surface area contributed by atoms with E-state index in [1.165, 1.54) is 0 Å². The second kappa shape index (κ2) is 6.38. The average Bonchev–Trinajstić information content (AvgIpc) is 2.47. The van der Waals surface area contributed by atoms with Gasteiger partial charge in [0.15, 0.2) is 0 Å². The number of aromatic nitrogens is 1. The van der Waals surface area contributed by atoms with Crippen LogP contribution in [0.4, 0.5) is 5.69 Å². The van der Waals surface area contributed by atoms with Gasteiger partial charge in [-0.1, -0.05) is 6.07 Å². The fraction of sp³-hybridized carbons (Fsp3) is 0.143. The number of carbonyl (C=O) groups is 1. The lowest BCUT2D eigenvalue weighted by Crippen LogP contribution is -2.23. The Balaban J connectivity index is 2.02. The maximum atomic E-state index is 12.1. The first-order valence-corrected chi connectivity index (χ1v) is 6.71. The molecule has 2 rings (SSSR count). The standard InChI is InChI=1S/C14H14BrN3O2/c1-20-13-5-2-9(7-17-13)8-18-14(19)11-6-10(16)3-4-12(11)15/h2-7H,8,16H2,1H3,(H,18,19). The van der Waals surface area contributed by atoms with E-state index in [4.69, 9.17) is 10.5 Å². The van der Waals surface area contributed by atoms with Crippen LogP contribution in [0, 0.1) is 0 Å². The number of methoxy groups -OCH3 is 1. The van der Waals surface area contributed by atoms with Crippen molar-refractivity contribution in [2.45, 2.75) is 6.54 Å². The van der Waals surface area contributed by atoms with Gasteiger partial charge in [0.25, 0.3) is 5.91 Å². The molecule has 5 nitrogen and oxygen atoms in total. The van der Waals surface area contributed by atoms with Crippen LogP contribution in [0.15, 0.2) is 41.0 Å². The molecule has 0 aliphatic rings. The number of rotatable bonds is 4. The van der Waals surface area contributed by atoms with Crippen LogP contribution in [0.2, 0.25) is 0 Å². The number of benzene rings is 1. The van der Waals surface area contributed by atoms with Gasteiger partial charge in [-0.3, -0.25) is 4.79 Å². The lowest BCUT2D eigenvalue weighted by atomic mass is 10.2. The SMILES string of the molecule is COc1ccc(CNC(=O)c2cc(N)ccc2Br)cn1. The minimum Gasteiger partial charge on any atom is -0.481 e. The van der Waals surface area contributed by atoms with E-state index >= 15 is 0 Å². The van der Waals surface area contributed by atoms with Crippen LogP contribution < -0.4 is 15.8 Å². The fourth-order valence-corrected chi connectivity index (χ4v) is 2.06. The monoisotopic (exact) mass is 335 g/mol. The number of ether oxygens (including phenoxy) is 1. The van der Waals surface area contributed by atoms with E-state index in [-0.39, 0.29) is 5.91 Å². The highest BCUT2D eigenvalue weighted by atomic mass is 79.9. The van der Waals surface area contributed by atoms with Crippen molar-refractivity contribution in [3.05, 3.63) is 52.1 Å². The van der Waals surface area contributed by atoms with Crippen molar-refractivity contribution in [1.29, 1.82) is 0 Å². The topological polar surface area (TPSA) is 77.2 Å². The Morgan fingerprint density at radius 1 is 1.40 bits per heavy atom. The minimum atomic E-state index is -0.194. The molecule has 0 unspecified atom stereocenters. The predicted molar refractivity (Wildman–Crippen MR) is 80.5 cm³/mol. The zero-order valence-electron chi connectivity index (χ0n) is 10.9. The zero-order chi connectivity index (χ0) is 14.5. The van der Waals surface area contributed by atoms with E-state index in [1.807, 2.05) is 6.07 Å². The van der Waals surface area contributed by atoms with Crippen LogP contribution >= 0.6 is 15.9 Å². The Morgan fingerprint density at radius 3 is 2.85 bits per heavy atom. The molecule has 0 atom stereocenters. The maximum absolute atomic E-state index is 12.1. The third-order valence-corrected chi connectivity index (χ3v) is 3.39. The van der Waals surface area contributed by atoms with E-state index < -0.39 is 0 Å². The van der Waals surface area contributed by atoms with E-state index in [1.54, 1.807) is 37.6 Å². The van der Waals surface area contributed by atoms with Crippen molar-refractivity contribution in [3.63, 3.8) is 0 Å². The molecule has 3 N–H and O–H groups in total. The van der Waals surface area contributed by atoms with Crippen LogP contribution in [-0.2, 0) is 6.54 Å². The average molecular weight is 336 g/mol. The van der Waals surface area contributed by atoms with Gasteiger partial charge in [0, 0.05) is 29.0 Å². The molecular formula is C14H14BrN3O2. The lowest BCUT2D eigenvalue weighted by molar-refractivity contribution is 0.0950. The molecule has 0 aliphatic heterocycles. The van der Waals surface area contributed by atoms with Crippen LogP contribution in [-0.4, -0.2) is 18.0 Å². The summed E-state index contributed by atoms with van der Waals surface area (Å²) >= 11 is 3.33. The number of amides is 1. The van der Waals surface area contributed by atoms with Gasteiger partial charge in [0.05, 0.1) is 12.7 Å². The highest BCUT2D eigenvalue weighted by Crippen LogP contribution is 2.19. The van der Waals surface area contributed by atoms with Crippen molar-refractivity contribution in [1.82, 2.24) is 10.3 Å².